The lowest BCUT2D eigenvalue weighted by atomic mass is 10.1. The van der Waals surface area contributed by atoms with E-state index in [0.29, 0.717) is 12.3 Å². The van der Waals surface area contributed by atoms with Crippen molar-refractivity contribution in [3.05, 3.63) is 59.0 Å². The van der Waals surface area contributed by atoms with E-state index < -0.39 is 0 Å². The van der Waals surface area contributed by atoms with Gasteiger partial charge in [-0.3, -0.25) is 4.79 Å². The highest BCUT2D eigenvalue weighted by Gasteiger charge is 2.08. The maximum absolute atomic E-state index is 11.7. The lowest BCUT2D eigenvalue weighted by molar-refractivity contribution is 0.0923. The molecule has 0 atom stereocenters. The first-order valence-corrected chi connectivity index (χ1v) is 5.54. The van der Waals surface area contributed by atoms with Crippen molar-refractivity contribution in [2.75, 3.05) is 0 Å². The van der Waals surface area contributed by atoms with Gasteiger partial charge in [-0.2, -0.15) is 0 Å². The number of benzene rings is 1. The van der Waals surface area contributed by atoms with Crippen LogP contribution in [-0.2, 0) is 6.54 Å². The van der Waals surface area contributed by atoms with Crippen LogP contribution in [0.15, 0.2) is 41.0 Å². The van der Waals surface area contributed by atoms with Gasteiger partial charge in [0.2, 0.25) is 0 Å². The van der Waals surface area contributed by atoms with E-state index in [-0.39, 0.29) is 5.91 Å². The number of nitrogens with one attached hydrogen (secondary N) is 1. The molecule has 88 valence electrons. The second-order valence-electron chi connectivity index (χ2n) is 4.09. The second-order valence-corrected chi connectivity index (χ2v) is 4.09. The highest BCUT2D eigenvalue weighted by atomic mass is 16.3. The minimum atomic E-state index is -0.184. The fraction of sp³-hybridized carbons (Fsp3) is 0.214. The lowest BCUT2D eigenvalue weighted by Gasteiger charge is -2.07. The first-order valence-electron chi connectivity index (χ1n) is 5.54. The molecule has 0 fully saturated rings. The van der Waals surface area contributed by atoms with E-state index in [2.05, 4.69) is 23.5 Å². The molecule has 3 heteroatoms. The molecule has 0 spiro atoms. The lowest BCUT2D eigenvalue weighted by Crippen LogP contribution is -2.22. The van der Waals surface area contributed by atoms with Crippen LogP contribution in [0.4, 0.5) is 0 Å². The maximum Gasteiger partial charge on any atom is 0.287 e. The Labute approximate surface area is 100 Å². The number of rotatable bonds is 3. The number of hydrogen-bond donors (Lipinski definition) is 1. The molecule has 0 bridgehead atoms. The molecule has 0 saturated heterocycles. The zero-order valence-electron chi connectivity index (χ0n) is 9.99. The highest BCUT2D eigenvalue weighted by Crippen LogP contribution is 2.10. The summed E-state index contributed by atoms with van der Waals surface area (Å²) in [5, 5.41) is 2.84. The van der Waals surface area contributed by atoms with Crippen molar-refractivity contribution in [1.82, 2.24) is 5.32 Å². The fourth-order valence-corrected chi connectivity index (χ4v) is 1.66. The summed E-state index contributed by atoms with van der Waals surface area (Å²) >= 11 is 0. The summed E-state index contributed by atoms with van der Waals surface area (Å²) in [6, 6.07) is 9.56. The van der Waals surface area contributed by atoms with Gasteiger partial charge >= 0.3 is 0 Å². The van der Waals surface area contributed by atoms with Gasteiger partial charge in [0.15, 0.2) is 5.76 Å². The Morgan fingerprint density at radius 3 is 2.82 bits per heavy atom. The second kappa shape index (κ2) is 4.87. The third kappa shape index (κ3) is 2.75. The number of carbonyl (C=O) groups excluding carboxylic acids is 1. The summed E-state index contributed by atoms with van der Waals surface area (Å²) in [7, 11) is 0. The summed E-state index contributed by atoms with van der Waals surface area (Å²) in [5.41, 5.74) is 3.50. The number of furan rings is 1. The fourth-order valence-electron chi connectivity index (χ4n) is 1.66. The van der Waals surface area contributed by atoms with Crippen molar-refractivity contribution < 1.29 is 9.21 Å². The standard InChI is InChI=1S/C14H15NO2/c1-10-5-6-11(2)12(8-10)9-15-14(16)13-4-3-7-17-13/h3-8H,9H2,1-2H3,(H,15,16). The van der Waals surface area contributed by atoms with E-state index in [4.69, 9.17) is 4.42 Å². The van der Waals surface area contributed by atoms with Crippen LogP contribution in [0, 0.1) is 13.8 Å². The van der Waals surface area contributed by atoms with Crippen LogP contribution in [0.2, 0.25) is 0 Å². The molecule has 1 N–H and O–H groups in total. The molecule has 0 saturated carbocycles. The number of hydrogen-bond acceptors (Lipinski definition) is 2. The van der Waals surface area contributed by atoms with Crippen molar-refractivity contribution in [2.24, 2.45) is 0 Å². The van der Waals surface area contributed by atoms with Crippen molar-refractivity contribution >= 4 is 5.91 Å². The van der Waals surface area contributed by atoms with Gasteiger partial charge < -0.3 is 9.73 Å². The normalized spacial score (nSPS) is 10.2. The molecule has 1 amide bonds. The van der Waals surface area contributed by atoms with E-state index in [9.17, 15) is 4.79 Å². The molecule has 3 nitrogen and oxygen atoms in total. The molecule has 1 aromatic heterocycles. The minimum absolute atomic E-state index is 0.184. The first kappa shape index (κ1) is 11.5. The molecule has 0 aliphatic heterocycles. The molecule has 0 aliphatic rings. The predicted octanol–water partition coefficient (Wildman–Crippen LogP) is 2.83. The van der Waals surface area contributed by atoms with Crippen LogP contribution in [0.25, 0.3) is 0 Å². The van der Waals surface area contributed by atoms with Gasteiger partial charge in [0, 0.05) is 6.54 Å². The molecule has 1 aromatic carbocycles. The summed E-state index contributed by atoms with van der Waals surface area (Å²) < 4.78 is 5.03. The number of carbonyl (C=O) groups is 1. The maximum atomic E-state index is 11.7. The summed E-state index contributed by atoms with van der Waals surface area (Å²) in [6.07, 6.45) is 1.49. The van der Waals surface area contributed by atoms with Gasteiger partial charge in [0.25, 0.3) is 5.91 Å². The Hall–Kier alpha value is -2.03. The average molecular weight is 229 g/mol. The first-order chi connectivity index (χ1) is 8.16. The van der Waals surface area contributed by atoms with Crippen molar-refractivity contribution in [3.63, 3.8) is 0 Å². The summed E-state index contributed by atoms with van der Waals surface area (Å²) in [6.45, 7) is 4.60. The highest BCUT2D eigenvalue weighted by molar-refractivity contribution is 5.91. The Balaban J connectivity index is 2.03. The summed E-state index contributed by atoms with van der Waals surface area (Å²) in [4.78, 5) is 11.7. The molecule has 17 heavy (non-hydrogen) atoms. The van der Waals surface area contributed by atoms with E-state index in [0.717, 1.165) is 5.56 Å². The number of aryl methyl sites for hydroxylation is 2. The molecule has 0 aliphatic carbocycles. The van der Waals surface area contributed by atoms with Crippen LogP contribution in [0.5, 0.6) is 0 Å². The van der Waals surface area contributed by atoms with Gasteiger partial charge in [0.1, 0.15) is 0 Å². The summed E-state index contributed by atoms with van der Waals surface area (Å²) in [5.74, 6) is 0.159. The molecular weight excluding hydrogens is 214 g/mol. The van der Waals surface area contributed by atoms with Crippen molar-refractivity contribution in [1.29, 1.82) is 0 Å². The van der Waals surface area contributed by atoms with E-state index in [1.807, 2.05) is 13.8 Å². The zero-order valence-corrected chi connectivity index (χ0v) is 9.99. The van der Waals surface area contributed by atoms with Crippen LogP contribution in [0.3, 0.4) is 0 Å². The minimum Gasteiger partial charge on any atom is -0.459 e. The molecule has 1 heterocycles. The Morgan fingerprint density at radius 1 is 1.29 bits per heavy atom. The average Bonchev–Trinajstić information content (AvgIpc) is 2.83. The van der Waals surface area contributed by atoms with Crippen LogP contribution in [0.1, 0.15) is 27.2 Å². The topological polar surface area (TPSA) is 42.2 Å². The monoisotopic (exact) mass is 229 g/mol. The van der Waals surface area contributed by atoms with Crippen LogP contribution < -0.4 is 5.32 Å². The smallest absolute Gasteiger partial charge is 0.287 e. The molecular formula is C14H15NO2. The SMILES string of the molecule is Cc1ccc(C)c(CNC(=O)c2ccco2)c1. The van der Waals surface area contributed by atoms with Gasteiger partial charge in [-0.25, -0.2) is 0 Å². The molecule has 0 unspecified atom stereocenters. The van der Waals surface area contributed by atoms with Gasteiger partial charge in [-0.05, 0) is 37.1 Å². The Morgan fingerprint density at radius 2 is 2.12 bits per heavy atom. The van der Waals surface area contributed by atoms with Gasteiger partial charge in [-0.1, -0.05) is 23.8 Å². The molecule has 2 aromatic rings. The quantitative estimate of drug-likeness (QED) is 0.879. The zero-order chi connectivity index (χ0) is 12.3. The van der Waals surface area contributed by atoms with Crippen LogP contribution in [-0.4, -0.2) is 5.91 Å². The van der Waals surface area contributed by atoms with E-state index >= 15 is 0 Å². The largest absolute Gasteiger partial charge is 0.459 e. The molecule has 0 radical (unpaired) electrons. The van der Waals surface area contributed by atoms with E-state index in [1.165, 1.54) is 17.4 Å². The van der Waals surface area contributed by atoms with Crippen LogP contribution >= 0.6 is 0 Å². The van der Waals surface area contributed by atoms with Gasteiger partial charge in [0.05, 0.1) is 6.26 Å². The Kier molecular flexibility index (Phi) is 3.28. The third-order valence-electron chi connectivity index (χ3n) is 2.69. The van der Waals surface area contributed by atoms with E-state index in [1.54, 1.807) is 12.1 Å². The van der Waals surface area contributed by atoms with Gasteiger partial charge in [-0.15, -0.1) is 0 Å². The molecule has 2 rings (SSSR count). The number of amides is 1. The third-order valence-corrected chi connectivity index (χ3v) is 2.69. The van der Waals surface area contributed by atoms with Crippen molar-refractivity contribution in [2.45, 2.75) is 20.4 Å². The van der Waals surface area contributed by atoms with Crippen molar-refractivity contribution in [3.8, 4) is 0 Å². The predicted molar refractivity (Wildman–Crippen MR) is 65.8 cm³/mol. The Bertz CT molecular complexity index is 515.